The predicted molar refractivity (Wildman–Crippen MR) is 83.2 cm³/mol. The fourth-order valence-electron chi connectivity index (χ4n) is 2.80. The normalized spacial score (nSPS) is 17.7. The van der Waals surface area contributed by atoms with Crippen LogP contribution in [0.15, 0.2) is 24.3 Å². The van der Waals surface area contributed by atoms with Gasteiger partial charge in [0.25, 0.3) is 0 Å². The second-order valence-electron chi connectivity index (χ2n) is 5.40. The lowest BCUT2D eigenvalue weighted by molar-refractivity contribution is -0.137. The van der Waals surface area contributed by atoms with Crippen LogP contribution in [0, 0.1) is 0 Å². The third kappa shape index (κ3) is 2.60. The Kier molecular flexibility index (Phi) is 4.13. The Morgan fingerprint density at radius 3 is 2.86 bits per heavy atom. The number of rotatable bonds is 4. The van der Waals surface area contributed by atoms with Crippen LogP contribution < -0.4 is 5.73 Å². The van der Waals surface area contributed by atoms with Crippen LogP contribution in [0.25, 0.3) is 0 Å². The maximum absolute atomic E-state index is 12.6. The number of hydrogen-bond acceptors (Lipinski definition) is 4. The fourth-order valence-corrected chi connectivity index (χ4v) is 3.00. The van der Waals surface area contributed by atoms with Gasteiger partial charge in [-0.3, -0.25) is 4.79 Å². The number of aromatic nitrogens is 3. The molecule has 1 amide bonds. The third-order valence-corrected chi connectivity index (χ3v) is 4.28. The van der Waals surface area contributed by atoms with Crippen LogP contribution in [0.1, 0.15) is 30.2 Å². The molecule has 6 nitrogen and oxygen atoms in total. The van der Waals surface area contributed by atoms with Crippen molar-refractivity contribution in [3.8, 4) is 0 Å². The first-order valence-corrected chi connectivity index (χ1v) is 7.64. The highest BCUT2D eigenvalue weighted by Gasteiger charge is 2.33. The number of carbonyl (C=O) groups is 1. The van der Waals surface area contributed by atoms with Gasteiger partial charge >= 0.3 is 0 Å². The van der Waals surface area contributed by atoms with Crippen molar-refractivity contribution >= 4 is 17.5 Å². The van der Waals surface area contributed by atoms with Crippen molar-refractivity contribution in [2.45, 2.75) is 32.5 Å². The van der Waals surface area contributed by atoms with Crippen LogP contribution in [0.4, 0.5) is 0 Å². The number of carbonyl (C=O) groups excluding carboxylic acids is 1. The zero-order chi connectivity index (χ0) is 15.7. The lowest BCUT2D eigenvalue weighted by Crippen LogP contribution is -2.41. The third-order valence-electron chi connectivity index (χ3n) is 3.91. The van der Waals surface area contributed by atoms with Crippen molar-refractivity contribution in [1.82, 2.24) is 19.7 Å². The smallest absolute Gasteiger partial charge is 0.246 e. The Balaban J connectivity index is 1.87. The molecule has 1 aromatic heterocycles. The molecule has 1 aromatic carbocycles. The molecule has 0 radical (unpaired) electrons. The van der Waals surface area contributed by atoms with E-state index in [9.17, 15) is 4.79 Å². The van der Waals surface area contributed by atoms with E-state index in [0.717, 1.165) is 17.2 Å². The van der Waals surface area contributed by atoms with Crippen molar-refractivity contribution in [2.75, 3.05) is 6.54 Å². The topological polar surface area (TPSA) is 77.0 Å². The number of fused-ring (bicyclic) bond motifs is 1. The molecule has 0 saturated heterocycles. The first-order chi connectivity index (χ1) is 10.6. The molecule has 0 spiro atoms. The van der Waals surface area contributed by atoms with Gasteiger partial charge in [-0.2, -0.15) is 0 Å². The summed E-state index contributed by atoms with van der Waals surface area (Å²) >= 11 is 6.19. The molecule has 0 saturated carbocycles. The first-order valence-electron chi connectivity index (χ1n) is 7.26. The van der Waals surface area contributed by atoms with Gasteiger partial charge in [0.1, 0.15) is 11.9 Å². The van der Waals surface area contributed by atoms with Gasteiger partial charge in [0.15, 0.2) is 5.82 Å². The Morgan fingerprint density at radius 1 is 1.36 bits per heavy atom. The number of amides is 1. The van der Waals surface area contributed by atoms with Crippen molar-refractivity contribution in [3.63, 3.8) is 0 Å². The van der Waals surface area contributed by atoms with Gasteiger partial charge in [0.05, 0.1) is 6.54 Å². The molecular weight excluding hydrogens is 302 g/mol. The maximum atomic E-state index is 12.6. The fraction of sp³-hybridized carbons (Fsp3) is 0.400. The minimum Gasteiger partial charge on any atom is -0.330 e. The molecule has 1 aliphatic rings. The van der Waals surface area contributed by atoms with Crippen LogP contribution in [-0.2, 0) is 24.3 Å². The standard InChI is InChI=1S/C15H18ClN5O/c1-10-15(22)20(8-11-4-2-3-5-12(11)16)9-14-19-18-13(6-7-17)21(10)14/h2-5,10H,6-9,17H2,1H3/t10-/m0/s1. The molecule has 7 heteroatoms. The molecule has 2 aromatic rings. The Morgan fingerprint density at radius 2 is 2.14 bits per heavy atom. The molecule has 2 heterocycles. The zero-order valence-corrected chi connectivity index (χ0v) is 13.1. The van der Waals surface area contributed by atoms with Crippen molar-refractivity contribution in [2.24, 2.45) is 5.73 Å². The number of hydrogen-bond donors (Lipinski definition) is 1. The number of halogens is 1. The Labute approximate surface area is 133 Å². The van der Waals surface area contributed by atoms with Crippen LogP contribution in [0.3, 0.4) is 0 Å². The number of nitrogens with two attached hydrogens (primary N) is 1. The summed E-state index contributed by atoms with van der Waals surface area (Å²) in [7, 11) is 0. The van der Waals surface area contributed by atoms with Crippen LogP contribution in [0.2, 0.25) is 5.02 Å². The monoisotopic (exact) mass is 319 g/mol. The largest absolute Gasteiger partial charge is 0.330 e. The summed E-state index contributed by atoms with van der Waals surface area (Å²) in [6, 6.07) is 7.24. The average Bonchev–Trinajstić information content (AvgIpc) is 2.90. The van der Waals surface area contributed by atoms with Gasteiger partial charge < -0.3 is 15.2 Å². The quantitative estimate of drug-likeness (QED) is 0.927. The molecule has 0 unspecified atom stereocenters. The lowest BCUT2D eigenvalue weighted by atomic mass is 10.1. The summed E-state index contributed by atoms with van der Waals surface area (Å²) in [5, 5.41) is 9.03. The minimum atomic E-state index is -0.317. The van der Waals surface area contributed by atoms with Crippen molar-refractivity contribution < 1.29 is 4.79 Å². The highest BCUT2D eigenvalue weighted by atomic mass is 35.5. The average molecular weight is 320 g/mol. The summed E-state index contributed by atoms with van der Waals surface area (Å²) in [4.78, 5) is 14.4. The Hall–Kier alpha value is -1.92. The maximum Gasteiger partial charge on any atom is 0.246 e. The molecule has 3 rings (SSSR count). The van der Waals surface area contributed by atoms with E-state index in [1.165, 1.54) is 0 Å². The molecule has 1 aliphatic heterocycles. The predicted octanol–water partition coefficient (Wildman–Crippen LogP) is 1.54. The van der Waals surface area contributed by atoms with E-state index in [1.807, 2.05) is 35.8 Å². The van der Waals surface area contributed by atoms with Gasteiger partial charge in [-0.05, 0) is 25.1 Å². The molecule has 0 aliphatic carbocycles. The summed E-state index contributed by atoms with van der Waals surface area (Å²) in [5.41, 5.74) is 6.52. The van der Waals surface area contributed by atoms with E-state index in [-0.39, 0.29) is 11.9 Å². The SMILES string of the molecule is C[C@H]1C(=O)N(Cc2ccccc2Cl)Cc2nnc(CCN)n21. The lowest BCUT2D eigenvalue weighted by Gasteiger charge is -2.32. The highest BCUT2D eigenvalue weighted by Crippen LogP contribution is 2.26. The second kappa shape index (κ2) is 6.06. The molecule has 116 valence electrons. The first kappa shape index (κ1) is 15.0. The molecule has 0 bridgehead atoms. The van der Waals surface area contributed by atoms with Gasteiger partial charge in [0.2, 0.25) is 5.91 Å². The Bertz CT molecular complexity index is 699. The highest BCUT2D eigenvalue weighted by molar-refractivity contribution is 6.31. The van der Waals surface area contributed by atoms with E-state index >= 15 is 0 Å². The molecule has 22 heavy (non-hydrogen) atoms. The van der Waals surface area contributed by atoms with Crippen LogP contribution in [-0.4, -0.2) is 32.1 Å². The van der Waals surface area contributed by atoms with Gasteiger partial charge in [-0.25, -0.2) is 0 Å². The molecule has 1 atom stereocenters. The van der Waals surface area contributed by atoms with Gasteiger partial charge in [-0.15, -0.1) is 10.2 Å². The van der Waals surface area contributed by atoms with E-state index in [0.29, 0.717) is 31.1 Å². The summed E-state index contributed by atoms with van der Waals surface area (Å²) < 4.78 is 1.90. The minimum absolute atomic E-state index is 0.0468. The van der Waals surface area contributed by atoms with E-state index in [1.54, 1.807) is 4.90 Å². The number of nitrogens with zero attached hydrogens (tertiary/aromatic N) is 4. The zero-order valence-electron chi connectivity index (χ0n) is 12.4. The summed E-state index contributed by atoms with van der Waals surface area (Å²) in [6.45, 7) is 3.27. The molecule has 0 fully saturated rings. The van der Waals surface area contributed by atoms with Gasteiger partial charge in [0, 0.05) is 18.0 Å². The van der Waals surface area contributed by atoms with Crippen LogP contribution >= 0.6 is 11.6 Å². The van der Waals surface area contributed by atoms with E-state index in [4.69, 9.17) is 17.3 Å². The van der Waals surface area contributed by atoms with E-state index < -0.39 is 0 Å². The summed E-state index contributed by atoms with van der Waals surface area (Å²) in [5.74, 6) is 1.61. The van der Waals surface area contributed by atoms with Gasteiger partial charge in [-0.1, -0.05) is 29.8 Å². The number of benzene rings is 1. The van der Waals surface area contributed by atoms with E-state index in [2.05, 4.69) is 10.2 Å². The summed E-state index contributed by atoms with van der Waals surface area (Å²) in [6.07, 6.45) is 0.620. The van der Waals surface area contributed by atoms with Crippen molar-refractivity contribution in [3.05, 3.63) is 46.5 Å². The van der Waals surface area contributed by atoms with Crippen LogP contribution in [0.5, 0.6) is 0 Å². The molecule has 2 N–H and O–H groups in total. The molecular formula is C15H18ClN5O. The van der Waals surface area contributed by atoms with Crippen molar-refractivity contribution in [1.29, 1.82) is 0 Å². The second-order valence-corrected chi connectivity index (χ2v) is 5.81.